The molecule has 0 aromatic heterocycles. The maximum Gasteiger partial charge on any atom is 0.306 e. The molecule has 1 unspecified atom stereocenters. The number of esters is 2. The summed E-state index contributed by atoms with van der Waals surface area (Å²) in [6.07, 6.45) is 43.0. The molecule has 0 radical (unpaired) electrons. The number of aliphatic hydroxyl groups excluding tert-OH is 1. The molecule has 0 aliphatic heterocycles. The van der Waals surface area contributed by atoms with Gasteiger partial charge >= 0.3 is 11.9 Å². The summed E-state index contributed by atoms with van der Waals surface area (Å²) >= 11 is 0. The zero-order valence-electron chi connectivity index (χ0n) is 28.7. The number of carbonyl (C=O) groups excluding carboxylic acids is 2. The highest BCUT2D eigenvalue weighted by atomic mass is 16.6. The fourth-order valence-electron chi connectivity index (χ4n) is 4.86. The minimum absolute atomic E-state index is 0.0790. The number of aliphatic hydroxyl groups is 1. The van der Waals surface area contributed by atoms with E-state index in [9.17, 15) is 14.7 Å². The Labute approximate surface area is 271 Å². The van der Waals surface area contributed by atoms with Crippen molar-refractivity contribution in [1.29, 1.82) is 0 Å². The molecule has 0 aliphatic rings. The van der Waals surface area contributed by atoms with Crippen molar-refractivity contribution in [3.63, 3.8) is 0 Å². The zero-order chi connectivity index (χ0) is 32.2. The minimum Gasteiger partial charge on any atom is -0.462 e. The molecule has 44 heavy (non-hydrogen) atoms. The van der Waals surface area contributed by atoms with Gasteiger partial charge in [0.15, 0.2) is 6.10 Å². The van der Waals surface area contributed by atoms with E-state index in [4.69, 9.17) is 9.47 Å². The number of allylic oxidation sites excluding steroid dienone is 8. The highest BCUT2D eigenvalue weighted by Crippen LogP contribution is 2.12. The monoisotopic (exact) mass is 617 g/mol. The molecule has 0 aromatic carbocycles. The minimum atomic E-state index is -0.781. The van der Waals surface area contributed by atoms with Crippen molar-refractivity contribution >= 4 is 11.9 Å². The molecule has 254 valence electrons. The normalized spacial score (nSPS) is 12.7. The van der Waals surface area contributed by atoms with Crippen molar-refractivity contribution in [2.75, 3.05) is 13.2 Å². The highest BCUT2D eigenvalue weighted by Gasteiger charge is 2.16. The summed E-state index contributed by atoms with van der Waals surface area (Å²) in [4.78, 5) is 24.2. The fourth-order valence-corrected chi connectivity index (χ4v) is 4.86. The van der Waals surface area contributed by atoms with Gasteiger partial charge in [0.1, 0.15) is 6.61 Å². The summed E-state index contributed by atoms with van der Waals surface area (Å²) in [6, 6.07) is 0. The number of ether oxygens (including phenoxy) is 2. The first-order valence-electron chi connectivity index (χ1n) is 18.2. The van der Waals surface area contributed by atoms with Gasteiger partial charge in [0.25, 0.3) is 0 Å². The number of hydrogen-bond acceptors (Lipinski definition) is 5. The average molecular weight is 617 g/mol. The van der Waals surface area contributed by atoms with E-state index >= 15 is 0 Å². The molecule has 0 aliphatic carbocycles. The summed E-state index contributed by atoms with van der Waals surface area (Å²) in [7, 11) is 0. The Hall–Kier alpha value is -2.14. The SMILES string of the molecule is CCC=CCC=CCC=CCCCCCCCC(=O)OCC(CO)OC(=O)CCCCCCCC=CCCCCCCCC. The second kappa shape index (κ2) is 35.3. The third-order valence-electron chi connectivity index (χ3n) is 7.61. The maximum atomic E-state index is 12.1. The fraction of sp³-hybridized carbons (Fsp3) is 0.744. The Balaban J connectivity index is 3.62. The van der Waals surface area contributed by atoms with Crippen LogP contribution in [-0.4, -0.2) is 36.4 Å². The van der Waals surface area contributed by atoms with Gasteiger partial charge < -0.3 is 14.6 Å². The smallest absolute Gasteiger partial charge is 0.306 e. The largest absolute Gasteiger partial charge is 0.462 e. The summed E-state index contributed by atoms with van der Waals surface area (Å²) in [5.74, 6) is -0.623. The standard InChI is InChI=1S/C39H68O5/c1-3-5-7-9-11-13-15-17-19-21-23-25-27-29-31-33-38(41)43-36-37(35-40)44-39(42)34-32-30-28-26-24-22-20-18-16-14-12-10-8-6-4-2/h5,7,11,13,17-20,37,40H,3-4,6,8-10,12,14-16,21-36H2,1-2H3. The van der Waals surface area contributed by atoms with Crippen LogP contribution in [0.3, 0.4) is 0 Å². The Morgan fingerprint density at radius 3 is 1.50 bits per heavy atom. The van der Waals surface area contributed by atoms with Crippen LogP contribution < -0.4 is 0 Å². The van der Waals surface area contributed by atoms with E-state index in [0.717, 1.165) is 77.0 Å². The second-order valence-corrected chi connectivity index (χ2v) is 11.9. The first-order chi connectivity index (χ1) is 21.6. The predicted molar refractivity (Wildman–Crippen MR) is 187 cm³/mol. The van der Waals surface area contributed by atoms with E-state index < -0.39 is 6.10 Å². The number of hydrogen-bond donors (Lipinski definition) is 1. The highest BCUT2D eigenvalue weighted by molar-refractivity contribution is 5.70. The first-order valence-corrected chi connectivity index (χ1v) is 18.2. The third-order valence-corrected chi connectivity index (χ3v) is 7.61. The van der Waals surface area contributed by atoms with Crippen LogP contribution in [0, 0.1) is 0 Å². The lowest BCUT2D eigenvalue weighted by Crippen LogP contribution is -2.28. The molecular weight excluding hydrogens is 548 g/mol. The van der Waals surface area contributed by atoms with Gasteiger partial charge in [-0.15, -0.1) is 0 Å². The number of carbonyl (C=O) groups is 2. The summed E-state index contributed by atoms with van der Waals surface area (Å²) in [5.41, 5.74) is 0. The Morgan fingerprint density at radius 1 is 0.545 bits per heavy atom. The van der Waals surface area contributed by atoms with Crippen molar-refractivity contribution < 1.29 is 24.2 Å². The molecule has 0 rings (SSSR count). The van der Waals surface area contributed by atoms with Gasteiger partial charge in [-0.05, 0) is 70.6 Å². The number of rotatable bonds is 32. The van der Waals surface area contributed by atoms with Crippen LogP contribution in [0.4, 0.5) is 0 Å². The lowest BCUT2D eigenvalue weighted by molar-refractivity contribution is -0.161. The molecule has 1 atom stereocenters. The molecule has 0 bridgehead atoms. The van der Waals surface area contributed by atoms with Crippen LogP contribution in [0.15, 0.2) is 48.6 Å². The van der Waals surface area contributed by atoms with Crippen LogP contribution in [0.2, 0.25) is 0 Å². The van der Waals surface area contributed by atoms with Crippen molar-refractivity contribution in [2.45, 2.75) is 174 Å². The molecule has 0 spiro atoms. The topological polar surface area (TPSA) is 72.8 Å². The van der Waals surface area contributed by atoms with Gasteiger partial charge in [0, 0.05) is 12.8 Å². The maximum absolute atomic E-state index is 12.1. The lowest BCUT2D eigenvalue weighted by atomic mass is 10.1. The molecule has 0 saturated carbocycles. The molecule has 5 heteroatoms. The van der Waals surface area contributed by atoms with Crippen molar-refractivity contribution in [2.24, 2.45) is 0 Å². The lowest BCUT2D eigenvalue weighted by Gasteiger charge is -2.15. The number of unbranched alkanes of at least 4 members (excludes halogenated alkanes) is 16. The molecule has 0 saturated heterocycles. The van der Waals surface area contributed by atoms with Crippen molar-refractivity contribution in [1.82, 2.24) is 0 Å². The molecule has 5 nitrogen and oxygen atoms in total. The average Bonchev–Trinajstić information content (AvgIpc) is 3.02. The van der Waals surface area contributed by atoms with Gasteiger partial charge in [-0.25, -0.2) is 0 Å². The van der Waals surface area contributed by atoms with Gasteiger partial charge in [-0.2, -0.15) is 0 Å². The van der Waals surface area contributed by atoms with Gasteiger partial charge in [0.05, 0.1) is 6.61 Å². The Kier molecular flexibility index (Phi) is 33.6. The molecule has 0 aromatic rings. The van der Waals surface area contributed by atoms with Gasteiger partial charge in [0.2, 0.25) is 0 Å². The van der Waals surface area contributed by atoms with Crippen LogP contribution in [0.1, 0.15) is 168 Å². The Bertz CT molecular complexity index is 752. The van der Waals surface area contributed by atoms with E-state index in [0.29, 0.717) is 12.8 Å². The molecule has 1 N–H and O–H groups in total. The predicted octanol–water partition coefficient (Wildman–Crippen LogP) is 11.1. The van der Waals surface area contributed by atoms with E-state index in [-0.39, 0.29) is 25.2 Å². The molecule has 0 fully saturated rings. The van der Waals surface area contributed by atoms with E-state index in [2.05, 4.69) is 62.5 Å². The van der Waals surface area contributed by atoms with Gasteiger partial charge in [-0.1, -0.05) is 133 Å². The van der Waals surface area contributed by atoms with Crippen molar-refractivity contribution in [3.8, 4) is 0 Å². The third kappa shape index (κ3) is 32.8. The Morgan fingerprint density at radius 2 is 0.977 bits per heavy atom. The van der Waals surface area contributed by atoms with E-state index in [1.54, 1.807) is 0 Å². The first kappa shape index (κ1) is 41.9. The zero-order valence-corrected chi connectivity index (χ0v) is 28.7. The van der Waals surface area contributed by atoms with Gasteiger partial charge in [-0.3, -0.25) is 9.59 Å². The van der Waals surface area contributed by atoms with Crippen LogP contribution in [0.25, 0.3) is 0 Å². The van der Waals surface area contributed by atoms with Crippen LogP contribution >= 0.6 is 0 Å². The molecule has 0 amide bonds. The molecular formula is C39H68O5. The quantitative estimate of drug-likeness (QED) is 0.0462. The van der Waals surface area contributed by atoms with Crippen LogP contribution in [-0.2, 0) is 19.1 Å². The van der Waals surface area contributed by atoms with E-state index in [1.165, 1.54) is 64.2 Å². The summed E-state index contributed by atoms with van der Waals surface area (Å²) in [6.45, 7) is 3.98. The second-order valence-electron chi connectivity index (χ2n) is 11.9. The van der Waals surface area contributed by atoms with Crippen LogP contribution in [0.5, 0.6) is 0 Å². The summed E-state index contributed by atoms with van der Waals surface area (Å²) < 4.78 is 10.6. The van der Waals surface area contributed by atoms with E-state index in [1.807, 2.05) is 0 Å². The summed E-state index contributed by atoms with van der Waals surface area (Å²) in [5, 5.41) is 9.52. The van der Waals surface area contributed by atoms with Crippen molar-refractivity contribution in [3.05, 3.63) is 48.6 Å². The molecule has 0 heterocycles.